The van der Waals surface area contributed by atoms with E-state index in [0.717, 1.165) is 40.1 Å². The maximum atomic E-state index is 10.8. The summed E-state index contributed by atoms with van der Waals surface area (Å²) in [5, 5.41) is 11.7. The molecule has 0 amide bonds. The van der Waals surface area contributed by atoms with Crippen LogP contribution in [0.4, 0.5) is 17.2 Å². The standard InChI is InChI=1S/C37H30N4O2/c1-24(2)20-25-21-26(23-28(22-25)41(27-12-4-3-5-13-27)33-18-10-11-19-38-33)34-36-35(30-15-7-9-17-32(30)43-36)40-37(39-34)29-14-6-8-16-31(29)42/h3-19,21-24,42H,20H2,1-2H3. The van der Waals surface area contributed by atoms with Gasteiger partial charge in [-0.2, -0.15) is 0 Å². The molecule has 7 aromatic rings. The van der Waals surface area contributed by atoms with Gasteiger partial charge in [-0.3, -0.25) is 4.90 Å². The predicted octanol–water partition coefficient (Wildman–Crippen LogP) is 9.48. The topological polar surface area (TPSA) is 75.3 Å². The monoisotopic (exact) mass is 562 g/mol. The third-order valence-corrected chi connectivity index (χ3v) is 7.41. The van der Waals surface area contributed by atoms with E-state index in [1.165, 1.54) is 5.56 Å². The summed E-state index contributed by atoms with van der Waals surface area (Å²) in [5.74, 6) is 1.82. The van der Waals surface area contributed by atoms with Crippen LogP contribution in [0.2, 0.25) is 0 Å². The van der Waals surface area contributed by atoms with Crippen LogP contribution in [0.3, 0.4) is 0 Å². The summed E-state index contributed by atoms with van der Waals surface area (Å²) in [7, 11) is 0. The van der Waals surface area contributed by atoms with Gasteiger partial charge in [0.15, 0.2) is 11.4 Å². The number of para-hydroxylation sites is 3. The van der Waals surface area contributed by atoms with Crippen molar-refractivity contribution in [2.75, 3.05) is 4.90 Å². The Hall–Kier alpha value is -5.49. The lowest BCUT2D eigenvalue weighted by Crippen LogP contribution is -2.12. The zero-order chi connectivity index (χ0) is 29.3. The number of benzene rings is 4. The van der Waals surface area contributed by atoms with Crippen LogP contribution in [0, 0.1) is 5.92 Å². The number of fused-ring (bicyclic) bond motifs is 3. The quantitative estimate of drug-likeness (QED) is 0.209. The number of anilines is 3. The van der Waals surface area contributed by atoms with Gasteiger partial charge >= 0.3 is 0 Å². The van der Waals surface area contributed by atoms with Gasteiger partial charge in [0.25, 0.3) is 0 Å². The van der Waals surface area contributed by atoms with E-state index in [-0.39, 0.29) is 5.75 Å². The lowest BCUT2D eigenvalue weighted by Gasteiger charge is -2.25. The maximum Gasteiger partial charge on any atom is 0.180 e. The van der Waals surface area contributed by atoms with E-state index in [4.69, 9.17) is 19.4 Å². The summed E-state index contributed by atoms with van der Waals surface area (Å²) >= 11 is 0. The minimum Gasteiger partial charge on any atom is -0.507 e. The molecule has 43 heavy (non-hydrogen) atoms. The number of hydrogen-bond donors (Lipinski definition) is 1. The number of aromatic hydroxyl groups is 1. The van der Waals surface area contributed by atoms with E-state index in [1.807, 2.05) is 79.0 Å². The second-order valence-electron chi connectivity index (χ2n) is 11.0. The molecule has 0 saturated carbocycles. The van der Waals surface area contributed by atoms with Crippen molar-refractivity contribution in [1.82, 2.24) is 15.0 Å². The van der Waals surface area contributed by atoms with Gasteiger partial charge in [0.05, 0.1) is 5.56 Å². The van der Waals surface area contributed by atoms with E-state index in [9.17, 15) is 5.11 Å². The lowest BCUT2D eigenvalue weighted by molar-refractivity contribution is 0.477. The van der Waals surface area contributed by atoms with Gasteiger partial charge in [-0.25, -0.2) is 15.0 Å². The fraction of sp³-hybridized carbons (Fsp3) is 0.108. The van der Waals surface area contributed by atoms with Crippen LogP contribution in [0.25, 0.3) is 44.7 Å². The molecular weight excluding hydrogens is 532 g/mol. The highest BCUT2D eigenvalue weighted by atomic mass is 16.3. The fourth-order valence-electron chi connectivity index (χ4n) is 5.58. The molecule has 3 heterocycles. The lowest BCUT2D eigenvalue weighted by atomic mass is 9.98. The van der Waals surface area contributed by atoms with Crippen molar-refractivity contribution in [1.29, 1.82) is 0 Å². The number of aromatic nitrogens is 3. The minimum absolute atomic E-state index is 0.125. The van der Waals surface area contributed by atoms with Crippen molar-refractivity contribution in [3.05, 3.63) is 127 Å². The molecule has 6 heteroatoms. The summed E-state index contributed by atoms with van der Waals surface area (Å²) in [4.78, 5) is 16.9. The highest BCUT2D eigenvalue weighted by Gasteiger charge is 2.22. The van der Waals surface area contributed by atoms with Crippen LogP contribution in [-0.2, 0) is 6.42 Å². The zero-order valence-electron chi connectivity index (χ0n) is 24.0. The van der Waals surface area contributed by atoms with Crippen molar-refractivity contribution >= 4 is 39.3 Å². The Morgan fingerprint density at radius 3 is 2.33 bits per heavy atom. The summed E-state index contributed by atoms with van der Waals surface area (Å²) in [6.07, 6.45) is 2.69. The number of nitrogens with zero attached hydrogens (tertiary/aromatic N) is 4. The average Bonchev–Trinajstić information content (AvgIpc) is 3.40. The second-order valence-corrected chi connectivity index (χ2v) is 11.0. The Bertz CT molecular complexity index is 2010. The minimum atomic E-state index is 0.125. The molecule has 4 aromatic carbocycles. The molecule has 0 aliphatic heterocycles. The van der Waals surface area contributed by atoms with Crippen LogP contribution in [-0.4, -0.2) is 20.1 Å². The Morgan fingerprint density at radius 2 is 1.53 bits per heavy atom. The molecule has 3 aromatic heterocycles. The molecule has 210 valence electrons. The van der Waals surface area contributed by atoms with Crippen molar-refractivity contribution in [2.24, 2.45) is 5.92 Å². The van der Waals surface area contributed by atoms with Gasteiger partial charge in [-0.1, -0.05) is 62.4 Å². The Morgan fingerprint density at radius 1 is 0.767 bits per heavy atom. The van der Waals surface area contributed by atoms with E-state index < -0.39 is 0 Å². The van der Waals surface area contributed by atoms with Gasteiger partial charge in [-0.15, -0.1) is 0 Å². The van der Waals surface area contributed by atoms with E-state index >= 15 is 0 Å². The number of furan rings is 1. The SMILES string of the molecule is CC(C)Cc1cc(-c2nc(-c3ccccc3O)nc3c2oc2ccccc23)cc(N(c2ccccc2)c2ccccn2)c1. The van der Waals surface area contributed by atoms with Crippen LogP contribution in [0.5, 0.6) is 5.75 Å². The normalized spacial score (nSPS) is 11.4. The highest BCUT2D eigenvalue weighted by molar-refractivity contribution is 6.07. The summed E-state index contributed by atoms with van der Waals surface area (Å²) in [6.45, 7) is 4.44. The number of hydrogen-bond acceptors (Lipinski definition) is 6. The number of phenols is 1. The zero-order valence-corrected chi connectivity index (χ0v) is 24.0. The molecular formula is C37H30N4O2. The Labute approximate surface area is 249 Å². The predicted molar refractivity (Wildman–Crippen MR) is 173 cm³/mol. The first-order valence-corrected chi connectivity index (χ1v) is 14.4. The van der Waals surface area contributed by atoms with Crippen LogP contribution in [0.1, 0.15) is 19.4 Å². The molecule has 0 atom stereocenters. The van der Waals surface area contributed by atoms with Crippen molar-refractivity contribution in [3.8, 4) is 28.4 Å². The fourth-order valence-corrected chi connectivity index (χ4v) is 5.58. The molecule has 1 N–H and O–H groups in total. The molecule has 0 radical (unpaired) electrons. The van der Waals surface area contributed by atoms with Crippen LogP contribution in [0.15, 0.2) is 126 Å². The van der Waals surface area contributed by atoms with Crippen LogP contribution < -0.4 is 4.90 Å². The van der Waals surface area contributed by atoms with E-state index in [0.29, 0.717) is 34.1 Å². The van der Waals surface area contributed by atoms with Gasteiger partial charge in [-0.05, 0) is 84.6 Å². The number of rotatable bonds is 7. The molecule has 6 nitrogen and oxygen atoms in total. The first kappa shape index (κ1) is 26.4. The molecule has 7 rings (SSSR count). The van der Waals surface area contributed by atoms with Crippen molar-refractivity contribution in [2.45, 2.75) is 20.3 Å². The van der Waals surface area contributed by atoms with Crippen molar-refractivity contribution < 1.29 is 9.52 Å². The van der Waals surface area contributed by atoms with Gasteiger partial charge in [0.1, 0.15) is 28.4 Å². The Kier molecular flexibility index (Phi) is 6.79. The molecule has 0 aliphatic rings. The molecule has 0 aliphatic carbocycles. The van der Waals surface area contributed by atoms with E-state index in [2.05, 4.69) is 49.1 Å². The average molecular weight is 563 g/mol. The van der Waals surface area contributed by atoms with Gasteiger partial charge < -0.3 is 9.52 Å². The molecule has 0 fully saturated rings. The van der Waals surface area contributed by atoms with Gasteiger partial charge in [0, 0.05) is 28.5 Å². The maximum absolute atomic E-state index is 10.8. The Balaban J connectivity index is 1.52. The molecule has 0 spiro atoms. The molecule has 0 saturated heterocycles. The highest BCUT2D eigenvalue weighted by Crippen LogP contribution is 2.41. The molecule has 0 bridgehead atoms. The van der Waals surface area contributed by atoms with E-state index in [1.54, 1.807) is 12.1 Å². The first-order chi connectivity index (χ1) is 21.0. The summed E-state index contributed by atoms with van der Waals surface area (Å²) < 4.78 is 6.44. The molecule has 0 unspecified atom stereocenters. The van der Waals surface area contributed by atoms with Crippen molar-refractivity contribution in [3.63, 3.8) is 0 Å². The number of phenolic OH excluding ortho intramolecular Hbond substituents is 1. The third-order valence-electron chi connectivity index (χ3n) is 7.41. The largest absolute Gasteiger partial charge is 0.507 e. The van der Waals surface area contributed by atoms with Crippen LogP contribution >= 0.6 is 0 Å². The summed E-state index contributed by atoms with van der Waals surface area (Å²) in [6, 6.07) is 37.8. The second kappa shape index (κ2) is 11.1. The first-order valence-electron chi connectivity index (χ1n) is 14.4. The number of pyridine rings is 1. The smallest absolute Gasteiger partial charge is 0.180 e. The van der Waals surface area contributed by atoms with Gasteiger partial charge in [0.2, 0.25) is 0 Å². The summed E-state index contributed by atoms with van der Waals surface area (Å²) in [5.41, 5.74) is 7.32. The third kappa shape index (κ3) is 5.08.